The van der Waals surface area contributed by atoms with Gasteiger partial charge in [-0.2, -0.15) is 5.10 Å². The van der Waals surface area contributed by atoms with Crippen molar-refractivity contribution in [3.05, 3.63) is 52.2 Å². The molecular formula is C18H20F3N5O2. The molecule has 0 bridgehead atoms. The van der Waals surface area contributed by atoms with Gasteiger partial charge in [0.25, 0.3) is 5.56 Å². The number of para-hydroxylation sites is 1. The van der Waals surface area contributed by atoms with Gasteiger partial charge in [-0.15, -0.1) is 13.2 Å². The number of aromatic nitrogens is 4. The number of alkyl halides is 3. The van der Waals surface area contributed by atoms with Gasteiger partial charge in [0.15, 0.2) is 5.65 Å². The van der Waals surface area contributed by atoms with Crippen LogP contribution in [-0.2, 0) is 6.42 Å². The van der Waals surface area contributed by atoms with Crippen molar-refractivity contribution in [3.8, 4) is 5.75 Å². The molecular weight excluding hydrogens is 375 g/mol. The molecule has 1 atom stereocenters. The van der Waals surface area contributed by atoms with E-state index in [1.54, 1.807) is 10.7 Å². The lowest BCUT2D eigenvalue weighted by molar-refractivity contribution is -0.274. The van der Waals surface area contributed by atoms with E-state index in [2.05, 4.69) is 25.1 Å². The Morgan fingerprint density at radius 3 is 2.79 bits per heavy atom. The van der Waals surface area contributed by atoms with Crippen LogP contribution in [0, 0.1) is 0 Å². The SMILES string of the molecule is CNCCC(C)n1ncc2c(=O)[nH]c(Cc3ccccc3OC(F)(F)F)nc21. The van der Waals surface area contributed by atoms with Crippen LogP contribution >= 0.6 is 0 Å². The summed E-state index contributed by atoms with van der Waals surface area (Å²) in [5.74, 6) is -0.0908. The van der Waals surface area contributed by atoms with E-state index in [-0.39, 0.29) is 35.2 Å². The maximum atomic E-state index is 12.6. The summed E-state index contributed by atoms with van der Waals surface area (Å²) in [6.45, 7) is 2.72. The molecule has 150 valence electrons. The molecule has 0 aliphatic rings. The number of benzene rings is 1. The third kappa shape index (κ3) is 4.50. The highest BCUT2D eigenvalue weighted by molar-refractivity contribution is 5.73. The first-order chi connectivity index (χ1) is 13.3. The fourth-order valence-electron chi connectivity index (χ4n) is 2.92. The fraction of sp³-hybridized carbons (Fsp3) is 0.389. The Labute approximate surface area is 158 Å². The van der Waals surface area contributed by atoms with Crippen LogP contribution in [0.1, 0.15) is 30.8 Å². The molecule has 10 heteroatoms. The minimum absolute atomic E-state index is 0.00653. The van der Waals surface area contributed by atoms with Crippen LogP contribution in [0.3, 0.4) is 0 Å². The van der Waals surface area contributed by atoms with Crippen LogP contribution < -0.4 is 15.6 Å². The molecule has 0 spiro atoms. The summed E-state index contributed by atoms with van der Waals surface area (Å²) >= 11 is 0. The molecule has 0 aliphatic carbocycles. The van der Waals surface area contributed by atoms with Gasteiger partial charge in [0.05, 0.1) is 12.2 Å². The van der Waals surface area contributed by atoms with E-state index < -0.39 is 6.36 Å². The molecule has 0 amide bonds. The molecule has 28 heavy (non-hydrogen) atoms. The van der Waals surface area contributed by atoms with Crippen molar-refractivity contribution in [1.29, 1.82) is 0 Å². The first kappa shape index (κ1) is 19.9. The second-order valence-corrected chi connectivity index (χ2v) is 6.41. The summed E-state index contributed by atoms with van der Waals surface area (Å²) in [6.07, 6.45) is -2.60. The number of halogens is 3. The van der Waals surface area contributed by atoms with Crippen molar-refractivity contribution in [2.45, 2.75) is 32.2 Å². The molecule has 0 radical (unpaired) electrons. The number of aromatic amines is 1. The van der Waals surface area contributed by atoms with Crippen molar-refractivity contribution in [3.63, 3.8) is 0 Å². The molecule has 3 rings (SSSR count). The summed E-state index contributed by atoms with van der Waals surface area (Å²) < 4.78 is 43.6. The summed E-state index contributed by atoms with van der Waals surface area (Å²) in [5, 5.41) is 7.64. The lowest BCUT2D eigenvalue weighted by atomic mass is 10.1. The number of nitrogens with zero attached hydrogens (tertiary/aromatic N) is 3. The highest BCUT2D eigenvalue weighted by atomic mass is 19.4. The number of hydrogen-bond acceptors (Lipinski definition) is 5. The van der Waals surface area contributed by atoms with Crippen LogP contribution in [0.15, 0.2) is 35.3 Å². The Morgan fingerprint density at radius 1 is 1.32 bits per heavy atom. The topological polar surface area (TPSA) is 84.8 Å². The Morgan fingerprint density at radius 2 is 2.07 bits per heavy atom. The molecule has 0 saturated heterocycles. The first-order valence-electron chi connectivity index (χ1n) is 8.73. The Kier molecular flexibility index (Phi) is 5.68. The molecule has 7 nitrogen and oxygen atoms in total. The van der Waals surface area contributed by atoms with Crippen LogP contribution in [0.25, 0.3) is 11.0 Å². The minimum Gasteiger partial charge on any atom is -0.405 e. The normalized spacial score (nSPS) is 13.0. The molecule has 0 saturated carbocycles. The van der Waals surface area contributed by atoms with E-state index in [0.29, 0.717) is 11.0 Å². The Bertz CT molecular complexity index is 1010. The molecule has 2 aromatic heterocycles. The van der Waals surface area contributed by atoms with E-state index in [0.717, 1.165) is 13.0 Å². The van der Waals surface area contributed by atoms with Gasteiger partial charge in [-0.25, -0.2) is 9.67 Å². The van der Waals surface area contributed by atoms with Gasteiger partial charge in [0, 0.05) is 12.0 Å². The van der Waals surface area contributed by atoms with Crippen molar-refractivity contribution < 1.29 is 17.9 Å². The van der Waals surface area contributed by atoms with Crippen molar-refractivity contribution in [1.82, 2.24) is 25.1 Å². The number of fused-ring (bicyclic) bond motifs is 1. The second kappa shape index (κ2) is 8.01. The van der Waals surface area contributed by atoms with E-state index >= 15 is 0 Å². The number of hydrogen-bond donors (Lipinski definition) is 2. The Balaban J connectivity index is 1.96. The van der Waals surface area contributed by atoms with Gasteiger partial charge in [-0.3, -0.25) is 4.79 Å². The maximum absolute atomic E-state index is 12.6. The van der Waals surface area contributed by atoms with E-state index in [1.165, 1.54) is 24.4 Å². The predicted molar refractivity (Wildman–Crippen MR) is 97.3 cm³/mol. The zero-order valence-corrected chi connectivity index (χ0v) is 15.4. The van der Waals surface area contributed by atoms with E-state index in [4.69, 9.17) is 0 Å². The highest BCUT2D eigenvalue weighted by Gasteiger charge is 2.32. The quantitative estimate of drug-likeness (QED) is 0.643. The third-order valence-electron chi connectivity index (χ3n) is 4.30. The molecule has 3 aromatic rings. The van der Waals surface area contributed by atoms with Crippen LogP contribution in [-0.4, -0.2) is 39.7 Å². The minimum atomic E-state index is -4.80. The molecule has 1 aromatic carbocycles. The number of nitrogens with one attached hydrogen (secondary N) is 2. The van der Waals surface area contributed by atoms with E-state index in [9.17, 15) is 18.0 Å². The first-order valence-corrected chi connectivity index (χ1v) is 8.73. The zero-order chi connectivity index (χ0) is 20.3. The number of ether oxygens (including phenoxy) is 1. The second-order valence-electron chi connectivity index (χ2n) is 6.41. The number of rotatable bonds is 7. The van der Waals surface area contributed by atoms with Crippen molar-refractivity contribution >= 4 is 11.0 Å². The monoisotopic (exact) mass is 395 g/mol. The average molecular weight is 395 g/mol. The molecule has 1 unspecified atom stereocenters. The van der Waals surface area contributed by atoms with Gasteiger partial charge in [0.1, 0.15) is 17.0 Å². The molecule has 2 N–H and O–H groups in total. The van der Waals surface area contributed by atoms with Crippen LogP contribution in [0.4, 0.5) is 13.2 Å². The summed E-state index contributed by atoms with van der Waals surface area (Å²) in [6, 6.07) is 5.76. The van der Waals surface area contributed by atoms with Gasteiger partial charge < -0.3 is 15.0 Å². The van der Waals surface area contributed by atoms with Gasteiger partial charge in [0.2, 0.25) is 0 Å². The summed E-state index contributed by atoms with van der Waals surface area (Å²) in [5.41, 5.74) is 0.273. The lowest BCUT2D eigenvalue weighted by Crippen LogP contribution is -2.19. The smallest absolute Gasteiger partial charge is 0.405 e. The number of H-pyrrole nitrogens is 1. The van der Waals surface area contributed by atoms with Gasteiger partial charge >= 0.3 is 6.36 Å². The maximum Gasteiger partial charge on any atom is 0.573 e. The third-order valence-corrected chi connectivity index (χ3v) is 4.30. The summed E-state index contributed by atoms with van der Waals surface area (Å²) in [4.78, 5) is 19.4. The molecule has 0 fully saturated rings. The van der Waals surface area contributed by atoms with Crippen molar-refractivity contribution in [2.24, 2.45) is 0 Å². The molecule has 2 heterocycles. The van der Waals surface area contributed by atoms with Gasteiger partial charge in [-0.05, 0) is 33.0 Å². The highest BCUT2D eigenvalue weighted by Crippen LogP contribution is 2.27. The summed E-state index contributed by atoms with van der Waals surface area (Å²) in [7, 11) is 1.84. The molecule has 0 aliphatic heterocycles. The van der Waals surface area contributed by atoms with Crippen LogP contribution in [0.2, 0.25) is 0 Å². The zero-order valence-electron chi connectivity index (χ0n) is 15.4. The predicted octanol–water partition coefficient (Wildman–Crippen LogP) is 2.78. The fourth-order valence-corrected chi connectivity index (χ4v) is 2.92. The van der Waals surface area contributed by atoms with E-state index in [1.807, 2.05) is 14.0 Å². The largest absolute Gasteiger partial charge is 0.573 e. The lowest BCUT2D eigenvalue weighted by Gasteiger charge is -2.14. The standard InChI is InChI=1S/C18H20F3N5O2/c1-11(7-8-22-2)26-16-13(10-23-26)17(27)25-15(24-16)9-12-5-3-4-6-14(12)28-18(19,20)21/h3-6,10-11,22H,7-9H2,1-2H3,(H,24,25,27). The van der Waals surface area contributed by atoms with Gasteiger partial charge in [-0.1, -0.05) is 18.2 Å². The average Bonchev–Trinajstić information content (AvgIpc) is 3.05. The van der Waals surface area contributed by atoms with Crippen molar-refractivity contribution in [2.75, 3.05) is 13.6 Å². The Hall–Kier alpha value is -2.88. The van der Waals surface area contributed by atoms with Crippen LogP contribution in [0.5, 0.6) is 5.75 Å².